The van der Waals surface area contributed by atoms with Gasteiger partial charge in [0, 0.05) is 13.6 Å². The summed E-state index contributed by atoms with van der Waals surface area (Å²) in [7, 11) is 1.75. The van der Waals surface area contributed by atoms with E-state index in [1.165, 1.54) is 6.39 Å². The first-order valence-corrected chi connectivity index (χ1v) is 5.51. The predicted octanol–water partition coefficient (Wildman–Crippen LogP) is 1.72. The standard InChI is InChI=1S/C11H12N2O2S/c1-13(11(14)6-16)5-8-2-3-9-10(4-8)15-7-12-9/h2-4,7,16H,5-6H2,1H3. The molecule has 0 spiro atoms. The van der Waals surface area contributed by atoms with Crippen LogP contribution < -0.4 is 0 Å². The van der Waals surface area contributed by atoms with Crippen molar-refractivity contribution >= 4 is 29.6 Å². The van der Waals surface area contributed by atoms with Gasteiger partial charge < -0.3 is 9.32 Å². The smallest absolute Gasteiger partial charge is 0.232 e. The zero-order valence-electron chi connectivity index (χ0n) is 8.88. The van der Waals surface area contributed by atoms with Crippen molar-refractivity contribution in [2.45, 2.75) is 6.54 Å². The van der Waals surface area contributed by atoms with Gasteiger partial charge >= 0.3 is 0 Å². The number of oxazole rings is 1. The molecule has 0 N–H and O–H groups in total. The summed E-state index contributed by atoms with van der Waals surface area (Å²) in [5, 5.41) is 0. The van der Waals surface area contributed by atoms with Gasteiger partial charge in [-0.3, -0.25) is 4.79 Å². The maximum absolute atomic E-state index is 11.3. The van der Waals surface area contributed by atoms with Crippen LogP contribution in [-0.2, 0) is 11.3 Å². The van der Waals surface area contributed by atoms with E-state index < -0.39 is 0 Å². The summed E-state index contributed by atoms with van der Waals surface area (Å²) in [4.78, 5) is 17.0. The Morgan fingerprint density at radius 1 is 1.56 bits per heavy atom. The van der Waals surface area contributed by atoms with Gasteiger partial charge in [0.25, 0.3) is 0 Å². The Hall–Kier alpha value is -1.49. The van der Waals surface area contributed by atoms with Crippen LogP contribution in [0, 0.1) is 0 Å². The van der Waals surface area contributed by atoms with Crippen molar-refractivity contribution in [3.8, 4) is 0 Å². The summed E-state index contributed by atoms with van der Waals surface area (Å²) in [6.07, 6.45) is 1.41. The van der Waals surface area contributed by atoms with Crippen LogP contribution in [-0.4, -0.2) is 28.6 Å². The van der Waals surface area contributed by atoms with Crippen LogP contribution in [0.3, 0.4) is 0 Å². The van der Waals surface area contributed by atoms with E-state index in [0.29, 0.717) is 6.54 Å². The van der Waals surface area contributed by atoms with E-state index in [4.69, 9.17) is 4.42 Å². The van der Waals surface area contributed by atoms with Gasteiger partial charge in [-0.15, -0.1) is 0 Å². The Morgan fingerprint density at radius 2 is 2.38 bits per heavy atom. The van der Waals surface area contributed by atoms with Crippen LogP contribution in [0.15, 0.2) is 29.0 Å². The van der Waals surface area contributed by atoms with Crippen LogP contribution in [0.4, 0.5) is 0 Å². The van der Waals surface area contributed by atoms with Crippen molar-refractivity contribution in [3.05, 3.63) is 30.2 Å². The molecule has 16 heavy (non-hydrogen) atoms. The Labute approximate surface area is 98.7 Å². The third-order valence-corrected chi connectivity index (χ3v) is 2.65. The first-order chi connectivity index (χ1) is 7.70. The van der Waals surface area contributed by atoms with Crippen molar-refractivity contribution in [3.63, 3.8) is 0 Å². The van der Waals surface area contributed by atoms with E-state index in [1.54, 1.807) is 11.9 Å². The lowest BCUT2D eigenvalue weighted by Gasteiger charge is -2.15. The van der Waals surface area contributed by atoms with Gasteiger partial charge in [-0.05, 0) is 17.7 Å². The Bertz CT molecular complexity index is 509. The minimum absolute atomic E-state index is 0.000926. The van der Waals surface area contributed by atoms with Gasteiger partial charge in [0.15, 0.2) is 12.0 Å². The van der Waals surface area contributed by atoms with Crippen molar-refractivity contribution in [1.29, 1.82) is 0 Å². The molecule has 1 aromatic heterocycles. The number of carbonyl (C=O) groups excluding carboxylic acids is 1. The van der Waals surface area contributed by atoms with E-state index in [1.807, 2.05) is 18.2 Å². The van der Waals surface area contributed by atoms with E-state index in [-0.39, 0.29) is 11.7 Å². The van der Waals surface area contributed by atoms with Crippen molar-refractivity contribution in [2.24, 2.45) is 0 Å². The molecule has 1 amide bonds. The van der Waals surface area contributed by atoms with Crippen LogP contribution >= 0.6 is 12.6 Å². The number of nitrogens with zero attached hydrogens (tertiary/aromatic N) is 2. The molecular formula is C11H12N2O2S. The van der Waals surface area contributed by atoms with E-state index in [2.05, 4.69) is 17.6 Å². The molecule has 0 aliphatic heterocycles. The average molecular weight is 236 g/mol. The number of thiol groups is 1. The second-order valence-corrected chi connectivity index (χ2v) is 3.88. The molecule has 0 saturated heterocycles. The molecule has 0 aliphatic rings. The molecule has 1 heterocycles. The van der Waals surface area contributed by atoms with Gasteiger partial charge in [-0.25, -0.2) is 4.98 Å². The Balaban J connectivity index is 2.17. The third kappa shape index (κ3) is 2.19. The second-order valence-electron chi connectivity index (χ2n) is 3.56. The van der Waals surface area contributed by atoms with E-state index >= 15 is 0 Å². The minimum atomic E-state index is 0.000926. The summed E-state index contributed by atoms with van der Waals surface area (Å²) >= 11 is 3.95. The average Bonchev–Trinajstić information content (AvgIpc) is 2.75. The normalized spacial score (nSPS) is 10.6. The molecule has 4 nitrogen and oxygen atoms in total. The molecule has 0 fully saturated rings. The van der Waals surface area contributed by atoms with Gasteiger partial charge in [0.05, 0.1) is 5.75 Å². The quantitative estimate of drug-likeness (QED) is 0.825. The summed E-state index contributed by atoms with van der Waals surface area (Å²) in [6, 6.07) is 5.71. The molecule has 2 aromatic rings. The van der Waals surface area contributed by atoms with Crippen molar-refractivity contribution in [2.75, 3.05) is 12.8 Å². The number of benzene rings is 1. The molecule has 5 heteroatoms. The molecule has 84 valence electrons. The lowest BCUT2D eigenvalue weighted by molar-refractivity contribution is -0.127. The van der Waals surface area contributed by atoms with E-state index in [9.17, 15) is 4.79 Å². The van der Waals surface area contributed by atoms with Gasteiger partial charge in [-0.1, -0.05) is 6.07 Å². The van der Waals surface area contributed by atoms with Crippen LogP contribution in [0.1, 0.15) is 5.56 Å². The number of aromatic nitrogens is 1. The molecular weight excluding hydrogens is 224 g/mol. The van der Waals surface area contributed by atoms with Crippen LogP contribution in [0.5, 0.6) is 0 Å². The van der Waals surface area contributed by atoms with Crippen LogP contribution in [0.2, 0.25) is 0 Å². The number of rotatable bonds is 3. The number of hydrogen-bond acceptors (Lipinski definition) is 4. The first kappa shape index (κ1) is 11.0. The highest BCUT2D eigenvalue weighted by Gasteiger charge is 2.08. The minimum Gasteiger partial charge on any atom is -0.443 e. The topological polar surface area (TPSA) is 46.3 Å². The molecule has 2 rings (SSSR count). The fourth-order valence-corrected chi connectivity index (χ4v) is 1.72. The fraction of sp³-hybridized carbons (Fsp3) is 0.273. The van der Waals surface area contributed by atoms with Crippen LogP contribution in [0.25, 0.3) is 11.1 Å². The zero-order valence-corrected chi connectivity index (χ0v) is 9.78. The Morgan fingerprint density at radius 3 is 3.12 bits per heavy atom. The third-order valence-electron chi connectivity index (χ3n) is 2.38. The molecule has 0 aliphatic carbocycles. The molecule has 0 saturated carbocycles. The summed E-state index contributed by atoms with van der Waals surface area (Å²) in [5.74, 6) is 0.224. The Kier molecular flexibility index (Phi) is 3.14. The fourth-order valence-electron chi connectivity index (χ4n) is 1.48. The van der Waals surface area contributed by atoms with E-state index in [0.717, 1.165) is 16.7 Å². The van der Waals surface area contributed by atoms with Gasteiger partial charge in [-0.2, -0.15) is 12.6 Å². The number of fused-ring (bicyclic) bond motifs is 1. The largest absolute Gasteiger partial charge is 0.443 e. The number of amides is 1. The summed E-state index contributed by atoms with van der Waals surface area (Å²) in [5.41, 5.74) is 2.58. The molecule has 0 unspecified atom stereocenters. The summed E-state index contributed by atoms with van der Waals surface area (Å²) in [6.45, 7) is 0.552. The highest BCUT2D eigenvalue weighted by atomic mass is 32.1. The SMILES string of the molecule is CN(Cc1ccc2ncoc2c1)C(=O)CS. The highest BCUT2D eigenvalue weighted by molar-refractivity contribution is 7.81. The maximum atomic E-state index is 11.3. The van der Waals surface area contributed by atoms with Crippen molar-refractivity contribution in [1.82, 2.24) is 9.88 Å². The second kappa shape index (κ2) is 4.57. The van der Waals surface area contributed by atoms with Gasteiger partial charge in [0.2, 0.25) is 5.91 Å². The summed E-state index contributed by atoms with van der Waals surface area (Å²) < 4.78 is 5.20. The molecule has 0 atom stereocenters. The highest BCUT2D eigenvalue weighted by Crippen LogP contribution is 2.15. The molecule has 0 radical (unpaired) electrons. The maximum Gasteiger partial charge on any atom is 0.232 e. The molecule has 0 bridgehead atoms. The predicted molar refractivity (Wildman–Crippen MR) is 64.3 cm³/mol. The number of hydrogen-bond donors (Lipinski definition) is 1. The lowest BCUT2D eigenvalue weighted by Crippen LogP contribution is -2.27. The first-order valence-electron chi connectivity index (χ1n) is 4.87. The zero-order chi connectivity index (χ0) is 11.5. The van der Waals surface area contributed by atoms with Crippen molar-refractivity contribution < 1.29 is 9.21 Å². The van der Waals surface area contributed by atoms with Gasteiger partial charge in [0.1, 0.15) is 5.52 Å². The number of carbonyl (C=O) groups is 1. The lowest BCUT2D eigenvalue weighted by atomic mass is 10.2. The molecule has 1 aromatic carbocycles. The monoisotopic (exact) mass is 236 g/mol.